The summed E-state index contributed by atoms with van der Waals surface area (Å²) in [6, 6.07) is 3.88. The fourth-order valence-corrected chi connectivity index (χ4v) is 2.07. The zero-order valence-corrected chi connectivity index (χ0v) is 13.6. The first kappa shape index (κ1) is 19.9. The fourth-order valence-electron chi connectivity index (χ4n) is 2.07. The van der Waals surface area contributed by atoms with Crippen LogP contribution in [0, 0.1) is 11.6 Å². The molecule has 0 fully saturated rings. The molecule has 0 atom stereocenters. The van der Waals surface area contributed by atoms with Crippen LogP contribution in [0.4, 0.5) is 38.1 Å². The maximum absolute atomic E-state index is 13.1. The van der Waals surface area contributed by atoms with Crippen molar-refractivity contribution in [2.24, 2.45) is 0 Å². The van der Waals surface area contributed by atoms with E-state index in [0.717, 1.165) is 30.3 Å². The number of hydrogen-bond donors (Lipinski definition) is 3. The Labute approximate surface area is 149 Å². The predicted molar refractivity (Wildman–Crippen MR) is 85.5 cm³/mol. The number of urea groups is 1. The lowest BCUT2D eigenvalue weighted by atomic mass is 10.1. The van der Waals surface area contributed by atoms with Crippen molar-refractivity contribution in [2.45, 2.75) is 6.36 Å². The van der Waals surface area contributed by atoms with E-state index in [1.54, 1.807) is 0 Å². The van der Waals surface area contributed by atoms with Crippen LogP contribution in [-0.4, -0.2) is 25.3 Å². The maximum Gasteiger partial charge on any atom is 0.573 e. The fraction of sp³-hybridized carbons (Fsp3) is 0.125. The molecule has 11 heteroatoms. The molecule has 0 heterocycles. The third kappa shape index (κ3) is 5.83. The van der Waals surface area contributed by atoms with Crippen LogP contribution in [0.25, 0.3) is 0 Å². The molecule has 0 saturated carbocycles. The van der Waals surface area contributed by atoms with Crippen molar-refractivity contribution in [1.29, 1.82) is 0 Å². The number of hydrogen-bond acceptors (Lipinski definition) is 3. The molecule has 0 saturated heterocycles. The van der Waals surface area contributed by atoms with E-state index >= 15 is 0 Å². The lowest BCUT2D eigenvalue weighted by Crippen LogP contribution is -2.24. The summed E-state index contributed by atoms with van der Waals surface area (Å²) >= 11 is 0. The van der Waals surface area contributed by atoms with E-state index in [2.05, 4.69) is 20.7 Å². The largest absolute Gasteiger partial charge is 0.573 e. The molecule has 0 radical (unpaired) electrons. The Kier molecular flexibility index (Phi) is 5.83. The summed E-state index contributed by atoms with van der Waals surface area (Å²) < 4.78 is 67.1. The summed E-state index contributed by atoms with van der Waals surface area (Å²) in [6.45, 7) is 0. The van der Waals surface area contributed by atoms with Crippen molar-refractivity contribution >= 4 is 23.3 Å². The van der Waals surface area contributed by atoms with Gasteiger partial charge in [-0.3, -0.25) is 4.79 Å². The number of alkyl halides is 3. The van der Waals surface area contributed by atoms with Crippen molar-refractivity contribution < 1.29 is 36.3 Å². The van der Waals surface area contributed by atoms with Crippen LogP contribution < -0.4 is 20.7 Å². The number of halogens is 5. The van der Waals surface area contributed by atoms with E-state index in [-0.39, 0.29) is 16.9 Å². The summed E-state index contributed by atoms with van der Waals surface area (Å²) in [5.74, 6) is -3.27. The van der Waals surface area contributed by atoms with E-state index in [0.29, 0.717) is 6.07 Å². The van der Waals surface area contributed by atoms with Crippen LogP contribution in [0.3, 0.4) is 0 Å². The SMILES string of the molecule is CNC(=O)c1ccc(OC(F)(F)F)cc1NC(=O)Nc1cc(F)cc(F)c1. The van der Waals surface area contributed by atoms with E-state index in [9.17, 15) is 31.5 Å². The molecule has 0 unspecified atom stereocenters. The number of nitrogens with one attached hydrogen (secondary N) is 3. The quantitative estimate of drug-likeness (QED) is 0.695. The van der Waals surface area contributed by atoms with Crippen molar-refractivity contribution in [3.63, 3.8) is 0 Å². The van der Waals surface area contributed by atoms with Gasteiger partial charge in [0.25, 0.3) is 5.91 Å². The van der Waals surface area contributed by atoms with Crippen molar-refractivity contribution in [1.82, 2.24) is 5.32 Å². The Morgan fingerprint density at radius 3 is 2.15 bits per heavy atom. The molecule has 2 rings (SSSR count). The van der Waals surface area contributed by atoms with Gasteiger partial charge in [-0.25, -0.2) is 13.6 Å². The minimum atomic E-state index is -4.98. The van der Waals surface area contributed by atoms with E-state index in [1.807, 2.05) is 0 Å². The smallest absolute Gasteiger partial charge is 0.406 e. The summed E-state index contributed by atoms with van der Waals surface area (Å²) in [6.07, 6.45) is -4.98. The van der Waals surface area contributed by atoms with Gasteiger partial charge in [-0.2, -0.15) is 0 Å². The number of anilines is 2. The van der Waals surface area contributed by atoms with Gasteiger partial charge < -0.3 is 20.7 Å². The van der Waals surface area contributed by atoms with E-state index in [4.69, 9.17) is 0 Å². The minimum absolute atomic E-state index is 0.160. The van der Waals surface area contributed by atoms with Gasteiger partial charge in [0, 0.05) is 24.9 Å². The molecule has 0 bridgehead atoms. The van der Waals surface area contributed by atoms with Gasteiger partial charge in [-0.1, -0.05) is 0 Å². The molecule has 0 aromatic heterocycles. The molecule has 0 aliphatic heterocycles. The van der Waals surface area contributed by atoms with Gasteiger partial charge in [0.15, 0.2) is 0 Å². The first-order chi connectivity index (χ1) is 12.6. The second-order valence-corrected chi connectivity index (χ2v) is 5.07. The van der Waals surface area contributed by atoms with Gasteiger partial charge in [-0.05, 0) is 24.3 Å². The molecule has 2 aromatic carbocycles. The minimum Gasteiger partial charge on any atom is -0.406 e. The molecule has 144 valence electrons. The molecule has 6 nitrogen and oxygen atoms in total. The highest BCUT2D eigenvalue weighted by molar-refractivity contribution is 6.06. The maximum atomic E-state index is 13.1. The van der Waals surface area contributed by atoms with Gasteiger partial charge >= 0.3 is 12.4 Å². The normalized spacial score (nSPS) is 10.9. The van der Waals surface area contributed by atoms with Crippen LogP contribution in [0.5, 0.6) is 5.75 Å². The summed E-state index contributed by atoms with van der Waals surface area (Å²) in [4.78, 5) is 23.8. The summed E-state index contributed by atoms with van der Waals surface area (Å²) in [5, 5.41) is 6.49. The predicted octanol–water partition coefficient (Wildman–Crippen LogP) is 3.87. The Balaban J connectivity index is 2.26. The lowest BCUT2D eigenvalue weighted by molar-refractivity contribution is -0.274. The molecular weight excluding hydrogens is 377 g/mol. The third-order valence-electron chi connectivity index (χ3n) is 3.06. The van der Waals surface area contributed by atoms with Gasteiger partial charge in [0.05, 0.1) is 11.3 Å². The summed E-state index contributed by atoms with van der Waals surface area (Å²) in [7, 11) is 1.28. The molecule has 3 amide bonds. The topological polar surface area (TPSA) is 79.5 Å². The standard InChI is InChI=1S/C16H12F5N3O3/c1-22-14(25)12-3-2-11(27-16(19,20)21)7-13(12)24-15(26)23-10-5-8(17)4-9(18)6-10/h2-7H,1H3,(H,22,25)(H2,23,24,26). The second kappa shape index (κ2) is 7.89. The number of benzene rings is 2. The zero-order valence-electron chi connectivity index (χ0n) is 13.6. The monoisotopic (exact) mass is 389 g/mol. The van der Waals surface area contributed by atoms with Gasteiger partial charge in [-0.15, -0.1) is 13.2 Å². The Hall–Kier alpha value is -3.37. The molecule has 0 aliphatic carbocycles. The average molecular weight is 389 g/mol. The second-order valence-electron chi connectivity index (χ2n) is 5.07. The first-order valence-corrected chi connectivity index (χ1v) is 7.23. The highest BCUT2D eigenvalue weighted by Gasteiger charge is 2.31. The van der Waals surface area contributed by atoms with Crippen LogP contribution in [0.2, 0.25) is 0 Å². The number of carbonyl (C=O) groups excluding carboxylic acids is 2. The zero-order chi connectivity index (χ0) is 20.2. The number of ether oxygens (including phenoxy) is 1. The molecular formula is C16H12F5N3O3. The molecule has 0 aliphatic rings. The van der Waals surface area contributed by atoms with Crippen LogP contribution >= 0.6 is 0 Å². The van der Waals surface area contributed by atoms with Crippen LogP contribution in [0.1, 0.15) is 10.4 Å². The van der Waals surface area contributed by atoms with Crippen LogP contribution in [-0.2, 0) is 0 Å². The molecule has 2 aromatic rings. The highest BCUT2D eigenvalue weighted by atomic mass is 19.4. The summed E-state index contributed by atoms with van der Waals surface area (Å²) in [5.41, 5.74) is -0.715. The number of carbonyl (C=O) groups is 2. The van der Waals surface area contributed by atoms with Crippen molar-refractivity contribution in [3.05, 3.63) is 53.6 Å². The number of amides is 3. The first-order valence-electron chi connectivity index (χ1n) is 7.23. The van der Waals surface area contributed by atoms with Gasteiger partial charge in [0.1, 0.15) is 17.4 Å². The molecule has 27 heavy (non-hydrogen) atoms. The average Bonchev–Trinajstić information content (AvgIpc) is 2.51. The molecule has 3 N–H and O–H groups in total. The molecule has 0 spiro atoms. The Bertz CT molecular complexity index is 851. The van der Waals surface area contributed by atoms with Crippen molar-refractivity contribution in [2.75, 3.05) is 17.7 Å². The Morgan fingerprint density at radius 2 is 1.59 bits per heavy atom. The van der Waals surface area contributed by atoms with Crippen molar-refractivity contribution in [3.8, 4) is 5.75 Å². The Morgan fingerprint density at radius 1 is 0.963 bits per heavy atom. The van der Waals surface area contributed by atoms with Crippen LogP contribution in [0.15, 0.2) is 36.4 Å². The third-order valence-corrected chi connectivity index (χ3v) is 3.06. The van der Waals surface area contributed by atoms with Gasteiger partial charge in [0.2, 0.25) is 0 Å². The van der Waals surface area contributed by atoms with E-state index in [1.165, 1.54) is 7.05 Å². The van der Waals surface area contributed by atoms with E-state index < -0.39 is 35.7 Å². The lowest BCUT2D eigenvalue weighted by Gasteiger charge is -2.14. The highest BCUT2D eigenvalue weighted by Crippen LogP contribution is 2.28. The number of rotatable bonds is 4.